The number of carbonyl (C=O) groups excluding carboxylic acids is 2. The minimum atomic E-state index is -0.361. The number of carbonyl (C=O) groups is 2. The van der Waals surface area contributed by atoms with Gasteiger partial charge in [-0.3, -0.25) is 4.79 Å². The number of amides is 1. The predicted molar refractivity (Wildman–Crippen MR) is 87.4 cm³/mol. The molecule has 5 nitrogen and oxygen atoms in total. The fourth-order valence-electron chi connectivity index (χ4n) is 2.76. The molecule has 1 amide bonds. The Balaban J connectivity index is 3.26. The van der Waals surface area contributed by atoms with Crippen LogP contribution in [0.15, 0.2) is 0 Å². The molecule has 0 aliphatic rings. The van der Waals surface area contributed by atoms with E-state index in [2.05, 4.69) is 6.92 Å². The predicted octanol–water partition coefficient (Wildman–Crippen LogP) is 3.17. The van der Waals surface area contributed by atoms with E-state index in [1.807, 2.05) is 32.4 Å². The van der Waals surface area contributed by atoms with Crippen molar-refractivity contribution in [3.63, 3.8) is 0 Å². The second-order valence-electron chi connectivity index (χ2n) is 5.48. The second-order valence-corrected chi connectivity index (χ2v) is 5.48. The van der Waals surface area contributed by atoms with E-state index in [0.717, 1.165) is 25.1 Å². The number of rotatable bonds is 7. The molecule has 1 aromatic rings. The number of aromatic nitrogens is 1. The monoisotopic (exact) mass is 308 g/mol. The van der Waals surface area contributed by atoms with Crippen molar-refractivity contribution >= 4 is 11.9 Å². The fraction of sp³-hybridized carbons (Fsp3) is 0.647. The molecule has 0 atom stereocenters. The van der Waals surface area contributed by atoms with Crippen LogP contribution in [-0.2, 0) is 11.3 Å². The molecular formula is C17H28N2O3. The lowest BCUT2D eigenvalue weighted by Crippen LogP contribution is -2.28. The molecule has 0 aromatic carbocycles. The maximum atomic E-state index is 12.7. The fourth-order valence-corrected chi connectivity index (χ4v) is 2.76. The molecule has 124 valence electrons. The molecule has 22 heavy (non-hydrogen) atoms. The highest BCUT2D eigenvalue weighted by Gasteiger charge is 2.27. The summed E-state index contributed by atoms with van der Waals surface area (Å²) in [5.41, 5.74) is 2.67. The van der Waals surface area contributed by atoms with Crippen LogP contribution in [0.2, 0.25) is 0 Å². The number of unbranched alkanes of at least 4 members (excludes halogenated alkanes) is 1. The summed E-state index contributed by atoms with van der Waals surface area (Å²) >= 11 is 0. The Morgan fingerprint density at radius 1 is 1.18 bits per heavy atom. The highest BCUT2D eigenvalue weighted by atomic mass is 16.5. The molecule has 1 rings (SSSR count). The Morgan fingerprint density at radius 2 is 1.82 bits per heavy atom. The third-order valence-corrected chi connectivity index (χ3v) is 3.96. The van der Waals surface area contributed by atoms with E-state index in [9.17, 15) is 9.59 Å². The maximum absolute atomic E-state index is 12.7. The van der Waals surface area contributed by atoms with Gasteiger partial charge in [-0.05, 0) is 39.7 Å². The van der Waals surface area contributed by atoms with Crippen molar-refractivity contribution in [1.82, 2.24) is 9.47 Å². The summed E-state index contributed by atoms with van der Waals surface area (Å²) < 4.78 is 7.01. The summed E-state index contributed by atoms with van der Waals surface area (Å²) in [5.74, 6) is -0.388. The van der Waals surface area contributed by atoms with Gasteiger partial charge in [0.1, 0.15) is 5.69 Å². The van der Waals surface area contributed by atoms with Crippen molar-refractivity contribution in [2.24, 2.45) is 0 Å². The first-order chi connectivity index (χ1) is 10.4. The van der Waals surface area contributed by atoms with Crippen LogP contribution in [0.1, 0.15) is 65.7 Å². The third kappa shape index (κ3) is 3.51. The molecule has 0 unspecified atom stereocenters. The number of esters is 1. The summed E-state index contributed by atoms with van der Waals surface area (Å²) in [5, 5.41) is 0. The van der Waals surface area contributed by atoms with Crippen molar-refractivity contribution in [3.05, 3.63) is 22.5 Å². The molecule has 1 heterocycles. The zero-order valence-corrected chi connectivity index (χ0v) is 14.7. The molecule has 0 N–H and O–H groups in total. The average molecular weight is 308 g/mol. The summed E-state index contributed by atoms with van der Waals surface area (Å²) in [6, 6.07) is 0. The van der Waals surface area contributed by atoms with Crippen LogP contribution < -0.4 is 0 Å². The quantitative estimate of drug-likeness (QED) is 0.727. The van der Waals surface area contributed by atoms with Crippen LogP contribution in [0.25, 0.3) is 0 Å². The van der Waals surface area contributed by atoms with Crippen LogP contribution in [0, 0.1) is 13.8 Å². The van der Waals surface area contributed by atoms with Gasteiger partial charge >= 0.3 is 5.97 Å². The Morgan fingerprint density at radius 3 is 2.32 bits per heavy atom. The highest BCUT2D eigenvalue weighted by Crippen LogP contribution is 2.24. The lowest BCUT2D eigenvalue weighted by molar-refractivity contribution is 0.0512. The first-order valence-electron chi connectivity index (χ1n) is 8.02. The van der Waals surface area contributed by atoms with Crippen molar-refractivity contribution < 1.29 is 14.3 Å². The van der Waals surface area contributed by atoms with Crippen LogP contribution in [0.5, 0.6) is 0 Å². The first kappa shape index (κ1) is 18.3. The van der Waals surface area contributed by atoms with E-state index in [1.54, 1.807) is 11.8 Å². The minimum absolute atomic E-state index is 0.0267. The molecule has 0 spiro atoms. The second kappa shape index (κ2) is 8.01. The Kier molecular flexibility index (Phi) is 6.65. The van der Waals surface area contributed by atoms with Gasteiger partial charge in [0.25, 0.3) is 5.91 Å². The van der Waals surface area contributed by atoms with Crippen LogP contribution >= 0.6 is 0 Å². The van der Waals surface area contributed by atoms with E-state index in [-0.39, 0.29) is 11.9 Å². The molecule has 0 fully saturated rings. The molecule has 5 heteroatoms. The highest BCUT2D eigenvalue weighted by molar-refractivity contribution is 6.01. The molecule has 0 saturated heterocycles. The maximum Gasteiger partial charge on any atom is 0.355 e. The first-order valence-corrected chi connectivity index (χ1v) is 8.02. The van der Waals surface area contributed by atoms with E-state index in [1.165, 1.54) is 0 Å². The molecule has 0 aliphatic heterocycles. The largest absolute Gasteiger partial charge is 0.461 e. The van der Waals surface area contributed by atoms with E-state index in [4.69, 9.17) is 4.74 Å². The SMILES string of the molecule is CCCCN(C)C(=O)c1c(C)c(C(=O)OCC)n(CC)c1C. The Hall–Kier alpha value is -1.78. The van der Waals surface area contributed by atoms with Gasteiger partial charge in [-0.1, -0.05) is 13.3 Å². The molecule has 0 aliphatic carbocycles. The molecular weight excluding hydrogens is 280 g/mol. The van der Waals surface area contributed by atoms with Crippen molar-refractivity contribution in [1.29, 1.82) is 0 Å². The van der Waals surface area contributed by atoms with Crippen molar-refractivity contribution in [2.45, 2.75) is 54.0 Å². The van der Waals surface area contributed by atoms with Crippen LogP contribution in [-0.4, -0.2) is 41.5 Å². The lowest BCUT2D eigenvalue weighted by atomic mass is 10.1. The number of ether oxygens (including phenoxy) is 1. The van der Waals surface area contributed by atoms with Gasteiger partial charge in [-0.2, -0.15) is 0 Å². The van der Waals surface area contributed by atoms with Gasteiger partial charge in [0.15, 0.2) is 0 Å². The summed E-state index contributed by atoms with van der Waals surface area (Å²) in [7, 11) is 1.81. The van der Waals surface area contributed by atoms with Gasteiger partial charge in [0, 0.05) is 25.8 Å². The summed E-state index contributed by atoms with van der Waals surface area (Å²) in [4.78, 5) is 26.7. The number of hydrogen-bond acceptors (Lipinski definition) is 3. The van der Waals surface area contributed by atoms with Gasteiger partial charge in [-0.15, -0.1) is 0 Å². The normalized spacial score (nSPS) is 10.6. The van der Waals surface area contributed by atoms with Crippen molar-refractivity contribution in [2.75, 3.05) is 20.2 Å². The Bertz CT molecular complexity index is 547. The summed E-state index contributed by atoms with van der Waals surface area (Å²) in [6.07, 6.45) is 2.01. The van der Waals surface area contributed by atoms with E-state index in [0.29, 0.717) is 30.0 Å². The average Bonchev–Trinajstić information content (AvgIpc) is 2.74. The summed E-state index contributed by atoms with van der Waals surface area (Å²) in [6.45, 7) is 11.2. The lowest BCUT2D eigenvalue weighted by Gasteiger charge is -2.17. The standard InChI is InChI=1S/C17H28N2O3/c1-7-10-11-18(6)16(20)14-12(4)15(17(21)22-9-3)19(8-2)13(14)5/h7-11H2,1-6H3. The van der Waals surface area contributed by atoms with Crippen LogP contribution in [0.4, 0.5) is 0 Å². The van der Waals surface area contributed by atoms with E-state index < -0.39 is 0 Å². The van der Waals surface area contributed by atoms with Crippen LogP contribution in [0.3, 0.4) is 0 Å². The van der Waals surface area contributed by atoms with Gasteiger partial charge in [0.2, 0.25) is 0 Å². The van der Waals surface area contributed by atoms with Crippen molar-refractivity contribution in [3.8, 4) is 0 Å². The molecule has 1 aromatic heterocycles. The van der Waals surface area contributed by atoms with Gasteiger partial charge in [-0.25, -0.2) is 4.79 Å². The van der Waals surface area contributed by atoms with Gasteiger partial charge in [0.05, 0.1) is 12.2 Å². The Labute approximate surface area is 133 Å². The molecule has 0 saturated carbocycles. The number of nitrogens with zero attached hydrogens (tertiary/aromatic N) is 2. The minimum Gasteiger partial charge on any atom is -0.461 e. The molecule has 0 bridgehead atoms. The van der Waals surface area contributed by atoms with Gasteiger partial charge < -0.3 is 14.2 Å². The zero-order valence-electron chi connectivity index (χ0n) is 14.7. The topological polar surface area (TPSA) is 51.5 Å². The molecule has 0 radical (unpaired) electrons. The smallest absolute Gasteiger partial charge is 0.355 e. The zero-order chi connectivity index (χ0) is 16.9. The number of hydrogen-bond donors (Lipinski definition) is 0. The van der Waals surface area contributed by atoms with E-state index >= 15 is 0 Å². The third-order valence-electron chi connectivity index (χ3n) is 3.96.